The summed E-state index contributed by atoms with van der Waals surface area (Å²) in [6, 6.07) is 28.3. The first-order chi connectivity index (χ1) is 17.3. The number of nitrogens with one attached hydrogen (secondary N) is 2. The van der Waals surface area contributed by atoms with E-state index >= 15 is 0 Å². The highest BCUT2D eigenvalue weighted by Crippen LogP contribution is 2.41. The van der Waals surface area contributed by atoms with E-state index in [9.17, 15) is 14.9 Å². The van der Waals surface area contributed by atoms with Crippen LogP contribution in [-0.2, 0) is 10.2 Å². The molecule has 0 spiro atoms. The van der Waals surface area contributed by atoms with Crippen LogP contribution in [0, 0.1) is 11.3 Å². The first kappa shape index (κ1) is 24.5. The molecule has 0 atom stereocenters. The predicted molar refractivity (Wildman–Crippen MR) is 140 cm³/mol. The fourth-order valence-corrected chi connectivity index (χ4v) is 3.85. The van der Waals surface area contributed by atoms with Crippen molar-refractivity contribution in [3.63, 3.8) is 0 Å². The van der Waals surface area contributed by atoms with E-state index < -0.39 is 5.91 Å². The van der Waals surface area contributed by atoms with E-state index in [0.717, 1.165) is 16.7 Å². The minimum Gasteiger partial charge on any atom is -0.438 e. The molecule has 0 radical (unpaired) electrons. The van der Waals surface area contributed by atoms with Gasteiger partial charge < -0.3 is 9.73 Å². The molecule has 36 heavy (non-hydrogen) atoms. The fraction of sp³-hybridized carbons (Fsp3) is 0.167. The van der Waals surface area contributed by atoms with Crippen LogP contribution >= 0.6 is 0 Å². The third-order valence-electron chi connectivity index (χ3n) is 5.79. The molecule has 6 nitrogen and oxygen atoms in total. The van der Waals surface area contributed by atoms with E-state index in [2.05, 4.69) is 37.5 Å². The van der Waals surface area contributed by atoms with E-state index in [0.29, 0.717) is 16.9 Å². The number of nitrogens with zero attached hydrogens (tertiary/aromatic N) is 1. The smallest absolute Gasteiger partial charge is 0.251 e. The maximum atomic E-state index is 12.7. The molecule has 6 heteroatoms. The summed E-state index contributed by atoms with van der Waals surface area (Å²) >= 11 is 0. The standard InChI is InChI=1S/C30H27N3O3/c1-30(2,3)23-16-14-22(15-17-23)28(35)32-19-25(34)33-29-24(18-31)26(20-10-6-4-7-11-20)27(36-29)21-12-8-5-9-13-21/h4-17H,19H2,1-3H3,(H,32,35)(H,33,34). The summed E-state index contributed by atoms with van der Waals surface area (Å²) < 4.78 is 6.02. The lowest BCUT2D eigenvalue weighted by Crippen LogP contribution is -2.33. The number of furan rings is 1. The zero-order valence-corrected chi connectivity index (χ0v) is 20.5. The van der Waals surface area contributed by atoms with Crippen molar-refractivity contribution < 1.29 is 14.0 Å². The Balaban J connectivity index is 1.54. The molecule has 0 saturated carbocycles. The normalized spacial score (nSPS) is 10.9. The van der Waals surface area contributed by atoms with Crippen LogP contribution in [-0.4, -0.2) is 18.4 Å². The lowest BCUT2D eigenvalue weighted by atomic mass is 9.87. The second-order valence-corrected chi connectivity index (χ2v) is 9.41. The first-order valence-electron chi connectivity index (χ1n) is 11.6. The third-order valence-corrected chi connectivity index (χ3v) is 5.79. The van der Waals surface area contributed by atoms with E-state index in [-0.39, 0.29) is 29.3 Å². The molecule has 0 bridgehead atoms. The van der Waals surface area contributed by atoms with E-state index in [4.69, 9.17) is 4.42 Å². The van der Waals surface area contributed by atoms with Gasteiger partial charge in [-0.15, -0.1) is 0 Å². The zero-order chi connectivity index (χ0) is 25.7. The minimum atomic E-state index is -0.501. The lowest BCUT2D eigenvalue weighted by Gasteiger charge is -2.19. The fourth-order valence-electron chi connectivity index (χ4n) is 3.85. The average Bonchev–Trinajstić information content (AvgIpc) is 3.25. The number of carbonyl (C=O) groups is 2. The predicted octanol–water partition coefficient (Wildman–Crippen LogP) is 6.15. The molecule has 1 heterocycles. The first-order valence-corrected chi connectivity index (χ1v) is 11.6. The summed E-state index contributed by atoms with van der Waals surface area (Å²) in [7, 11) is 0. The van der Waals surface area contributed by atoms with Crippen molar-refractivity contribution in [3.05, 3.63) is 102 Å². The van der Waals surface area contributed by atoms with Crippen LogP contribution in [0.25, 0.3) is 22.5 Å². The van der Waals surface area contributed by atoms with E-state index in [1.54, 1.807) is 12.1 Å². The summed E-state index contributed by atoms with van der Waals surface area (Å²) in [6.45, 7) is 6.03. The van der Waals surface area contributed by atoms with Crippen molar-refractivity contribution in [1.82, 2.24) is 5.32 Å². The maximum absolute atomic E-state index is 12.7. The van der Waals surface area contributed by atoms with Gasteiger partial charge in [-0.05, 0) is 28.7 Å². The Kier molecular flexibility index (Phi) is 7.03. The SMILES string of the molecule is CC(C)(C)c1ccc(C(=O)NCC(=O)Nc2oc(-c3ccccc3)c(-c3ccccc3)c2C#N)cc1. The van der Waals surface area contributed by atoms with Crippen LogP contribution in [0.3, 0.4) is 0 Å². The summed E-state index contributed by atoms with van der Waals surface area (Å²) in [5.74, 6) is -0.333. The zero-order valence-electron chi connectivity index (χ0n) is 20.5. The molecular weight excluding hydrogens is 450 g/mol. The molecule has 0 aliphatic rings. The van der Waals surface area contributed by atoms with Crippen molar-refractivity contribution in [2.75, 3.05) is 11.9 Å². The van der Waals surface area contributed by atoms with Gasteiger partial charge in [-0.25, -0.2) is 0 Å². The highest BCUT2D eigenvalue weighted by atomic mass is 16.4. The average molecular weight is 478 g/mol. The number of amides is 2. The number of nitriles is 1. The quantitative estimate of drug-likeness (QED) is 0.348. The number of carbonyl (C=O) groups excluding carboxylic acids is 2. The van der Waals surface area contributed by atoms with Crippen molar-refractivity contribution in [1.29, 1.82) is 5.26 Å². The molecule has 0 saturated heterocycles. The summed E-state index contributed by atoms with van der Waals surface area (Å²) in [6.07, 6.45) is 0. The van der Waals surface area contributed by atoms with E-state index in [1.165, 1.54) is 0 Å². The number of hydrogen-bond donors (Lipinski definition) is 2. The molecule has 0 aliphatic heterocycles. The second kappa shape index (κ2) is 10.3. The molecule has 2 N–H and O–H groups in total. The minimum absolute atomic E-state index is 0.0202. The van der Waals surface area contributed by atoms with Gasteiger partial charge in [0.1, 0.15) is 17.4 Å². The van der Waals surface area contributed by atoms with Gasteiger partial charge in [0, 0.05) is 16.7 Å². The topological polar surface area (TPSA) is 95.1 Å². The number of rotatable bonds is 6. The highest BCUT2D eigenvalue weighted by Gasteiger charge is 2.24. The largest absolute Gasteiger partial charge is 0.438 e. The van der Waals surface area contributed by atoms with Crippen molar-refractivity contribution >= 4 is 17.7 Å². The Hall–Kier alpha value is -4.63. The van der Waals surface area contributed by atoms with Crippen molar-refractivity contribution in [2.24, 2.45) is 0 Å². The molecule has 180 valence electrons. The van der Waals surface area contributed by atoms with Crippen molar-refractivity contribution in [2.45, 2.75) is 26.2 Å². The van der Waals surface area contributed by atoms with Crippen LogP contribution in [0.2, 0.25) is 0 Å². The lowest BCUT2D eigenvalue weighted by molar-refractivity contribution is -0.115. The van der Waals surface area contributed by atoms with Gasteiger partial charge in [0.15, 0.2) is 0 Å². The molecule has 2 amide bonds. The third kappa shape index (κ3) is 5.37. The summed E-state index contributed by atoms with van der Waals surface area (Å²) in [4.78, 5) is 25.2. The molecule has 0 unspecified atom stereocenters. The van der Waals surface area contributed by atoms with Crippen LogP contribution in [0.15, 0.2) is 89.3 Å². The van der Waals surface area contributed by atoms with Gasteiger partial charge >= 0.3 is 0 Å². The maximum Gasteiger partial charge on any atom is 0.251 e. The second-order valence-electron chi connectivity index (χ2n) is 9.41. The van der Waals surface area contributed by atoms with Gasteiger partial charge in [-0.1, -0.05) is 93.6 Å². The Bertz CT molecular complexity index is 1410. The molecule has 4 rings (SSSR count). The van der Waals surface area contributed by atoms with Crippen LogP contribution in [0.5, 0.6) is 0 Å². The van der Waals surface area contributed by atoms with Crippen LogP contribution in [0.4, 0.5) is 5.88 Å². The van der Waals surface area contributed by atoms with Gasteiger partial charge in [0.2, 0.25) is 11.8 Å². The Morgan fingerprint density at radius 3 is 2.00 bits per heavy atom. The number of benzene rings is 3. The van der Waals surface area contributed by atoms with Crippen LogP contribution in [0.1, 0.15) is 42.3 Å². The van der Waals surface area contributed by atoms with Gasteiger partial charge in [-0.2, -0.15) is 5.26 Å². The Labute approximate surface area is 210 Å². The molecule has 0 aliphatic carbocycles. The molecule has 3 aromatic carbocycles. The Morgan fingerprint density at radius 2 is 1.44 bits per heavy atom. The molecular formula is C30H27N3O3. The number of hydrogen-bond acceptors (Lipinski definition) is 4. The highest BCUT2D eigenvalue weighted by molar-refractivity contribution is 6.00. The Morgan fingerprint density at radius 1 is 0.861 bits per heavy atom. The number of anilines is 1. The monoisotopic (exact) mass is 477 g/mol. The summed E-state index contributed by atoms with van der Waals surface area (Å²) in [5.41, 5.74) is 3.95. The van der Waals surface area contributed by atoms with Gasteiger partial charge in [-0.3, -0.25) is 14.9 Å². The van der Waals surface area contributed by atoms with Crippen molar-refractivity contribution in [3.8, 4) is 28.5 Å². The molecule has 4 aromatic rings. The molecule has 0 fully saturated rings. The molecule has 1 aromatic heterocycles. The van der Waals surface area contributed by atoms with Crippen LogP contribution < -0.4 is 10.6 Å². The van der Waals surface area contributed by atoms with Gasteiger partial charge in [0.05, 0.1) is 6.54 Å². The summed E-state index contributed by atoms with van der Waals surface area (Å²) in [5, 5.41) is 15.2. The van der Waals surface area contributed by atoms with Gasteiger partial charge in [0.25, 0.3) is 5.91 Å². The van der Waals surface area contributed by atoms with E-state index in [1.807, 2.05) is 72.8 Å².